The highest BCUT2D eigenvalue weighted by Gasteiger charge is 2.03. The molecule has 4 nitrogen and oxygen atoms in total. The molecule has 2 aromatic rings. The lowest BCUT2D eigenvalue weighted by molar-refractivity contribution is 0.295. The van der Waals surface area contributed by atoms with Gasteiger partial charge in [-0.15, -0.1) is 0 Å². The van der Waals surface area contributed by atoms with E-state index < -0.39 is 0 Å². The largest absolute Gasteiger partial charge is 0.490 e. The zero-order valence-electron chi connectivity index (χ0n) is 11.4. The number of ether oxygens (including phenoxy) is 1. The van der Waals surface area contributed by atoms with Crippen LogP contribution < -0.4 is 16.0 Å². The van der Waals surface area contributed by atoms with Gasteiger partial charge in [0.2, 0.25) is 0 Å². The molecule has 0 aliphatic heterocycles. The van der Waals surface area contributed by atoms with Gasteiger partial charge in [-0.3, -0.25) is 4.79 Å². The lowest BCUT2D eigenvalue weighted by Gasteiger charge is -2.09. The number of rotatable bonds is 4. The summed E-state index contributed by atoms with van der Waals surface area (Å²) in [5.74, 6) is 5.52. The molecule has 1 aromatic carbocycles. The normalized spacial score (nSPS) is 9.81. The van der Waals surface area contributed by atoms with Crippen LogP contribution in [0.4, 0.5) is 4.39 Å². The van der Waals surface area contributed by atoms with Crippen LogP contribution in [0.3, 0.4) is 0 Å². The number of pyridine rings is 1. The molecule has 0 amide bonds. The van der Waals surface area contributed by atoms with Gasteiger partial charge in [0.25, 0.3) is 5.56 Å². The van der Waals surface area contributed by atoms with Gasteiger partial charge in [0.05, 0.1) is 18.7 Å². The van der Waals surface area contributed by atoms with Gasteiger partial charge in [-0.2, -0.15) is 0 Å². The summed E-state index contributed by atoms with van der Waals surface area (Å²) in [6.07, 6.45) is 1.69. The Hall–Kier alpha value is -2.58. The third kappa shape index (κ3) is 4.20. The van der Waals surface area contributed by atoms with E-state index in [4.69, 9.17) is 10.5 Å². The molecular weight excluding hydrogens is 271 g/mol. The smallest absolute Gasteiger partial charge is 0.250 e. The standard InChI is InChI=1S/C16H15FN2O2/c17-14-6-7-15(13(12-14)4-3-8-18)21-11-10-19-9-2-1-5-16(19)20/h1-2,5-7,9,12H,8,10-11,18H2. The van der Waals surface area contributed by atoms with Crippen LogP contribution in [0.2, 0.25) is 0 Å². The highest BCUT2D eigenvalue weighted by molar-refractivity contribution is 5.46. The summed E-state index contributed by atoms with van der Waals surface area (Å²) in [5, 5.41) is 0. The lowest BCUT2D eigenvalue weighted by Crippen LogP contribution is -2.21. The van der Waals surface area contributed by atoms with Crippen LogP contribution in [0.15, 0.2) is 47.4 Å². The first-order valence-corrected chi connectivity index (χ1v) is 6.47. The van der Waals surface area contributed by atoms with E-state index >= 15 is 0 Å². The summed E-state index contributed by atoms with van der Waals surface area (Å²) >= 11 is 0. The molecule has 1 heterocycles. The third-order valence-electron chi connectivity index (χ3n) is 2.76. The van der Waals surface area contributed by atoms with Crippen molar-refractivity contribution in [3.63, 3.8) is 0 Å². The Morgan fingerprint density at radius 2 is 2.14 bits per heavy atom. The monoisotopic (exact) mass is 286 g/mol. The first kappa shape index (κ1) is 14.8. The molecule has 0 fully saturated rings. The molecule has 0 saturated heterocycles. The summed E-state index contributed by atoms with van der Waals surface area (Å²) in [6.45, 7) is 0.878. The van der Waals surface area contributed by atoms with E-state index in [0.29, 0.717) is 17.9 Å². The second-order valence-corrected chi connectivity index (χ2v) is 4.23. The number of nitrogens with zero attached hydrogens (tertiary/aromatic N) is 1. The molecular formula is C16H15FN2O2. The average Bonchev–Trinajstić information content (AvgIpc) is 2.49. The van der Waals surface area contributed by atoms with Crippen molar-refractivity contribution in [1.82, 2.24) is 4.57 Å². The molecule has 0 saturated carbocycles. The van der Waals surface area contributed by atoms with Crippen molar-refractivity contribution in [2.24, 2.45) is 5.73 Å². The molecule has 0 unspecified atom stereocenters. The summed E-state index contributed by atoms with van der Waals surface area (Å²) in [6, 6.07) is 9.06. The van der Waals surface area contributed by atoms with Crippen LogP contribution in [0.25, 0.3) is 0 Å². The molecule has 2 N–H and O–H groups in total. The number of nitrogens with two attached hydrogens (primary N) is 1. The zero-order valence-corrected chi connectivity index (χ0v) is 11.4. The zero-order chi connectivity index (χ0) is 15.1. The summed E-state index contributed by atoms with van der Waals surface area (Å²) < 4.78 is 20.3. The topological polar surface area (TPSA) is 57.2 Å². The summed E-state index contributed by atoms with van der Waals surface area (Å²) in [5.41, 5.74) is 5.66. The predicted molar refractivity (Wildman–Crippen MR) is 78.5 cm³/mol. The summed E-state index contributed by atoms with van der Waals surface area (Å²) in [4.78, 5) is 11.5. The molecule has 0 atom stereocenters. The fraction of sp³-hybridized carbons (Fsp3) is 0.188. The minimum atomic E-state index is -0.386. The van der Waals surface area contributed by atoms with Crippen molar-refractivity contribution in [3.8, 4) is 17.6 Å². The van der Waals surface area contributed by atoms with Gasteiger partial charge in [0.1, 0.15) is 18.2 Å². The van der Waals surface area contributed by atoms with Crippen molar-refractivity contribution >= 4 is 0 Å². The average molecular weight is 286 g/mol. The second-order valence-electron chi connectivity index (χ2n) is 4.23. The Bertz CT molecular complexity index is 729. The van der Waals surface area contributed by atoms with Crippen molar-refractivity contribution in [2.45, 2.75) is 6.54 Å². The molecule has 21 heavy (non-hydrogen) atoms. The molecule has 2 rings (SSSR count). The number of halogens is 1. The number of aromatic nitrogens is 1. The minimum Gasteiger partial charge on any atom is -0.490 e. The van der Waals surface area contributed by atoms with E-state index in [2.05, 4.69) is 11.8 Å². The van der Waals surface area contributed by atoms with Crippen LogP contribution in [0.1, 0.15) is 5.56 Å². The van der Waals surface area contributed by atoms with Crippen LogP contribution in [0, 0.1) is 17.7 Å². The Morgan fingerprint density at radius 3 is 2.90 bits per heavy atom. The van der Waals surface area contributed by atoms with Gasteiger partial charge in [-0.25, -0.2) is 4.39 Å². The van der Waals surface area contributed by atoms with Gasteiger partial charge in [0.15, 0.2) is 0 Å². The fourth-order valence-corrected chi connectivity index (χ4v) is 1.77. The molecule has 5 heteroatoms. The van der Waals surface area contributed by atoms with Crippen LogP contribution in [-0.2, 0) is 6.54 Å². The van der Waals surface area contributed by atoms with E-state index in [-0.39, 0.29) is 24.5 Å². The van der Waals surface area contributed by atoms with Gasteiger partial charge in [-0.1, -0.05) is 17.9 Å². The van der Waals surface area contributed by atoms with Crippen molar-refractivity contribution in [3.05, 3.63) is 64.3 Å². The fourth-order valence-electron chi connectivity index (χ4n) is 1.77. The van der Waals surface area contributed by atoms with Gasteiger partial charge in [-0.05, 0) is 24.3 Å². The SMILES string of the molecule is NCC#Cc1cc(F)ccc1OCCn1ccccc1=O. The molecule has 108 valence electrons. The Balaban J connectivity index is 2.06. The van der Waals surface area contributed by atoms with Crippen molar-refractivity contribution in [1.29, 1.82) is 0 Å². The maximum Gasteiger partial charge on any atom is 0.250 e. The minimum absolute atomic E-state index is 0.0941. The highest BCUT2D eigenvalue weighted by atomic mass is 19.1. The maximum atomic E-state index is 13.2. The van der Waals surface area contributed by atoms with Crippen LogP contribution in [0.5, 0.6) is 5.75 Å². The van der Waals surface area contributed by atoms with Crippen LogP contribution in [-0.4, -0.2) is 17.7 Å². The molecule has 0 aliphatic carbocycles. The van der Waals surface area contributed by atoms with E-state index in [1.807, 2.05) is 0 Å². The van der Waals surface area contributed by atoms with Crippen LogP contribution >= 0.6 is 0 Å². The molecule has 0 aliphatic rings. The molecule has 0 radical (unpaired) electrons. The third-order valence-corrected chi connectivity index (χ3v) is 2.76. The first-order valence-electron chi connectivity index (χ1n) is 6.47. The van der Waals surface area contributed by atoms with E-state index in [1.54, 1.807) is 18.3 Å². The van der Waals surface area contributed by atoms with Crippen molar-refractivity contribution in [2.75, 3.05) is 13.2 Å². The lowest BCUT2D eigenvalue weighted by atomic mass is 10.2. The Morgan fingerprint density at radius 1 is 1.29 bits per heavy atom. The second kappa shape index (κ2) is 7.27. The van der Waals surface area contributed by atoms with Gasteiger partial charge >= 0.3 is 0 Å². The predicted octanol–water partition coefficient (Wildman–Crippen LogP) is 1.38. The molecule has 1 aromatic heterocycles. The molecule has 0 bridgehead atoms. The van der Waals surface area contributed by atoms with Gasteiger partial charge in [0, 0.05) is 12.3 Å². The van der Waals surface area contributed by atoms with Crippen molar-refractivity contribution < 1.29 is 9.13 Å². The highest BCUT2D eigenvalue weighted by Crippen LogP contribution is 2.18. The molecule has 0 spiro atoms. The summed E-state index contributed by atoms with van der Waals surface area (Å²) in [7, 11) is 0. The Kier molecular flexibility index (Phi) is 5.13. The quantitative estimate of drug-likeness (QED) is 0.864. The first-order chi connectivity index (χ1) is 10.2. The number of hydrogen-bond acceptors (Lipinski definition) is 3. The van der Waals surface area contributed by atoms with E-state index in [0.717, 1.165) is 0 Å². The number of benzene rings is 1. The van der Waals surface area contributed by atoms with E-state index in [1.165, 1.54) is 28.8 Å². The Labute approximate surface area is 122 Å². The maximum absolute atomic E-state index is 13.2. The number of hydrogen-bond donors (Lipinski definition) is 1. The van der Waals surface area contributed by atoms with Gasteiger partial charge < -0.3 is 15.0 Å². The van der Waals surface area contributed by atoms with E-state index in [9.17, 15) is 9.18 Å².